The maximum atomic E-state index is 13.5. The van der Waals surface area contributed by atoms with Gasteiger partial charge in [0.05, 0.1) is 11.8 Å². The summed E-state index contributed by atoms with van der Waals surface area (Å²) >= 11 is 5.85. The lowest BCUT2D eigenvalue weighted by atomic mass is 10.1. The molecular formula is C13H8ClF2NO3. The lowest BCUT2D eigenvalue weighted by Gasteiger charge is -2.08. The molecule has 0 radical (unpaired) electrons. The van der Waals surface area contributed by atoms with Crippen LogP contribution in [-0.2, 0) is 6.61 Å². The van der Waals surface area contributed by atoms with Crippen LogP contribution in [0.1, 0.15) is 15.9 Å². The van der Waals surface area contributed by atoms with E-state index >= 15 is 0 Å². The fourth-order valence-corrected chi connectivity index (χ4v) is 1.68. The largest absolute Gasteiger partial charge is 0.478 e. The van der Waals surface area contributed by atoms with Gasteiger partial charge in [-0.15, -0.1) is 0 Å². The number of carbonyl (C=O) groups is 1. The van der Waals surface area contributed by atoms with Crippen molar-refractivity contribution in [2.75, 3.05) is 0 Å². The summed E-state index contributed by atoms with van der Waals surface area (Å²) in [5, 5.41) is 8.80. The van der Waals surface area contributed by atoms with Crippen LogP contribution in [-0.4, -0.2) is 16.1 Å². The zero-order valence-corrected chi connectivity index (χ0v) is 10.7. The van der Waals surface area contributed by atoms with Crippen LogP contribution in [0.3, 0.4) is 0 Å². The van der Waals surface area contributed by atoms with Crippen molar-refractivity contribution in [3.8, 4) is 5.88 Å². The van der Waals surface area contributed by atoms with Crippen LogP contribution in [0.15, 0.2) is 30.5 Å². The minimum absolute atomic E-state index is 0.0610. The van der Waals surface area contributed by atoms with E-state index in [0.717, 1.165) is 24.4 Å². The minimum atomic E-state index is -1.41. The molecule has 0 bridgehead atoms. The molecule has 0 aliphatic heterocycles. The van der Waals surface area contributed by atoms with Crippen molar-refractivity contribution >= 4 is 17.6 Å². The number of pyridine rings is 1. The van der Waals surface area contributed by atoms with E-state index in [-0.39, 0.29) is 23.1 Å². The molecule has 2 rings (SSSR count). The fourth-order valence-electron chi connectivity index (χ4n) is 1.46. The Labute approximate surface area is 117 Å². The average molecular weight is 300 g/mol. The lowest BCUT2D eigenvalue weighted by molar-refractivity contribution is 0.0692. The van der Waals surface area contributed by atoms with E-state index in [0.29, 0.717) is 0 Å². The Morgan fingerprint density at radius 3 is 2.70 bits per heavy atom. The molecule has 104 valence electrons. The standard InChI is InChI=1S/C13H8ClF2NO3/c14-10-4-9(13(18)19)11(16)3-7(10)6-20-12-2-1-8(15)5-17-12/h1-5H,6H2,(H,18,19). The van der Waals surface area contributed by atoms with E-state index < -0.39 is 23.2 Å². The molecule has 0 saturated heterocycles. The van der Waals surface area contributed by atoms with Gasteiger partial charge in [0.25, 0.3) is 0 Å². The number of carboxylic acid groups (broad SMARTS) is 1. The normalized spacial score (nSPS) is 10.3. The molecule has 7 heteroatoms. The summed E-state index contributed by atoms with van der Waals surface area (Å²) in [7, 11) is 0. The first-order valence-corrected chi connectivity index (χ1v) is 5.80. The summed E-state index contributed by atoms with van der Waals surface area (Å²) in [5.41, 5.74) is -0.251. The molecule has 1 aromatic carbocycles. The second kappa shape index (κ2) is 5.83. The van der Waals surface area contributed by atoms with Crippen molar-refractivity contribution < 1.29 is 23.4 Å². The summed E-state index contributed by atoms with van der Waals surface area (Å²) in [6.45, 7) is -0.117. The number of rotatable bonds is 4. The Bertz CT molecular complexity index is 647. The van der Waals surface area contributed by atoms with E-state index in [1.807, 2.05) is 0 Å². The molecule has 20 heavy (non-hydrogen) atoms. The quantitative estimate of drug-likeness (QED) is 0.941. The fraction of sp³-hybridized carbons (Fsp3) is 0.0769. The minimum Gasteiger partial charge on any atom is -0.478 e. The van der Waals surface area contributed by atoms with Gasteiger partial charge in [-0.25, -0.2) is 18.6 Å². The van der Waals surface area contributed by atoms with Gasteiger partial charge in [0.15, 0.2) is 0 Å². The number of hydrogen-bond acceptors (Lipinski definition) is 3. The highest BCUT2D eigenvalue weighted by atomic mass is 35.5. The molecule has 0 spiro atoms. The Morgan fingerprint density at radius 2 is 2.10 bits per heavy atom. The first-order chi connectivity index (χ1) is 9.47. The Hall–Kier alpha value is -2.21. The molecule has 1 N–H and O–H groups in total. The molecule has 2 aromatic rings. The predicted octanol–water partition coefficient (Wildman–Crippen LogP) is 3.29. The molecule has 0 aliphatic rings. The molecule has 1 heterocycles. The Balaban J connectivity index is 2.16. The topological polar surface area (TPSA) is 59.4 Å². The van der Waals surface area contributed by atoms with E-state index in [9.17, 15) is 13.6 Å². The van der Waals surface area contributed by atoms with Gasteiger partial charge in [-0.1, -0.05) is 11.6 Å². The maximum Gasteiger partial charge on any atom is 0.338 e. The van der Waals surface area contributed by atoms with Gasteiger partial charge in [0.2, 0.25) is 5.88 Å². The second-order valence-electron chi connectivity index (χ2n) is 3.83. The van der Waals surface area contributed by atoms with Crippen molar-refractivity contribution in [3.05, 3.63) is 58.2 Å². The Morgan fingerprint density at radius 1 is 1.35 bits per heavy atom. The molecule has 0 amide bonds. The van der Waals surface area contributed by atoms with Crippen molar-refractivity contribution in [2.45, 2.75) is 6.61 Å². The highest BCUT2D eigenvalue weighted by Crippen LogP contribution is 2.22. The number of aromatic nitrogens is 1. The van der Waals surface area contributed by atoms with Gasteiger partial charge in [0.1, 0.15) is 18.2 Å². The number of hydrogen-bond donors (Lipinski definition) is 1. The predicted molar refractivity (Wildman–Crippen MR) is 66.9 cm³/mol. The molecule has 0 fully saturated rings. The smallest absolute Gasteiger partial charge is 0.338 e. The third-order valence-corrected chi connectivity index (χ3v) is 2.79. The summed E-state index contributed by atoms with van der Waals surface area (Å²) in [4.78, 5) is 14.4. The van der Waals surface area contributed by atoms with Crippen molar-refractivity contribution in [3.63, 3.8) is 0 Å². The van der Waals surface area contributed by atoms with Gasteiger partial charge in [-0.3, -0.25) is 0 Å². The molecular weight excluding hydrogens is 292 g/mol. The zero-order valence-electron chi connectivity index (χ0n) is 9.94. The van der Waals surface area contributed by atoms with Crippen LogP contribution >= 0.6 is 11.6 Å². The molecule has 0 saturated carbocycles. The molecule has 0 unspecified atom stereocenters. The number of ether oxygens (including phenoxy) is 1. The average Bonchev–Trinajstić information content (AvgIpc) is 2.41. The van der Waals surface area contributed by atoms with Gasteiger partial charge >= 0.3 is 5.97 Å². The van der Waals surface area contributed by atoms with Crippen molar-refractivity contribution in [2.24, 2.45) is 0 Å². The van der Waals surface area contributed by atoms with Gasteiger partial charge < -0.3 is 9.84 Å². The lowest BCUT2D eigenvalue weighted by Crippen LogP contribution is -2.04. The van der Waals surface area contributed by atoms with Crippen molar-refractivity contribution in [1.29, 1.82) is 0 Å². The van der Waals surface area contributed by atoms with Gasteiger partial charge in [0, 0.05) is 16.7 Å². The molecule has 0 aliphatic carbocycles. The van der Waals surface area contributed by atoms with E-state index in [1.54, 1.807) is 0 Å². The maximum absolute atomic E-state index is 13.5. The number of aromatic carboxylic acids is 1. The third kappa shape index (κ3) is 3.21. The first kappa shape index (κ1) is 14.2. The SMILES string of the molecule is O=C(O)c1cc(Cl)c(COc2ccc(F)cn2)cc1F. The zero-order chi connectivity index (χ0) is 14.7. The highest BCUT2D eigenvalue weighted by Gasteiger charge is 2.14. The van der Waals surface area contributed by atoms with Crippen LogP contribution in [0.2, 0.25) is 5.02 Å². The number of carboxylic acids is 1. The van der Waals surface area contributed by atoms with Crippen LogP contribution in [0.5, 0.6) is 5.88 Å². The molecule has 0 atom stereocenters. The van der Waals surface area contributed by atoms with E-state index in [2.05, 4.69) is 4.98 Å². The summed E-state index contributed by atoms with van der Waals surface area (Å²) in [6, 6.07) is 4.47. The molecule has 1 aromatic heterocycles. The summed E-state index contributed by atoms with van der Waals surface area (Å²) in [5.74, 6) is -2.68. The third-order valence-electron chi connectivity index (χ3n) is 2.44. The monoisotopic (exact) mass is 299 g/mol. The second-order valence-corrected chi connectivity index (χ2v) is 4.24. The Kier molecular flexibility index (Phi) is 4.14. The van der Waals surface area contributed by atoms with E-state index in [4.69, 9.17) is 21.4 Å². The first-order valence-electron chi connectivity index (χ1n) is 5.43. The molecule has 4 nitrogen and oxygen atoms in total. The number of halogens is 3. The number of benzene rings is 1. The van der Waals surface area contributed by atoms with Crippen LogP contribution < -0.4 is 4.74 Å². The van der Waals surface area contributed by atoms with Crippen molar-refractivity contribution in [1.82, 2.24) is 4.98 Å². The van der Waals surface area contributed by atoms with E-state index in [1.165, 1.54) is 6.07 Å². The van der Waals surface area contributed by atoms with Gasteiger partial charge in [-0.05, 0) is 18.2 Å². The van der Waals surface area contributed by atoms with Crippen LogP contribution in [0.25, 0.3) is 0 Å². The number of nitrogens with zero attached hydrogens (tertiary/aromatic N) is 1. The van der Waals surface area contributed by atoms with Gasteiger partial charge in [-0.2, -0.15) is 0 Å². The van der Waals surface area contributed by atoms with Crippen LogP contribution in [0.4, 0.5) is 8.78 Å². The summed E-state index contributed by atoms with van der Waals surface area (Å²) < 4.78 is 31.3. The summed E-state index contributed by atoms with van der Waals surface area (Å²) in [6.07, 6.45) is 0.977. The highest BCUT2D eigenvalue weighted by molar-refractivity contribution is 6.31. The van der Waals surface area contributed by atoms with Crippen LogP contribution in [0, 0.1) is 11.6 Å².